The second-order valence-corrected chi connectivity index (χ2v) is 10.5. The molecule has 3 aromatic rings. The fourth-order valence-electron chi connectivity index (χ4n) is 3.36. The number of thioether (sulfide) groups is 1. The third-order valence-corrected chi connectivity index (χ3v) is 7.13. The fraction of sp³-hybridized carbons (Fsp3) is 0.111. The second kappa shape index (κ2) is 12.7. The van der Waals surface area contributed by atoms with E-state index in [0.717, 1.165) is 15.6 Å². The highest BCUT2D eigenvalue weighted by Crippen LogP contribution is 2.32. The summed E-state index contributed by atoms with van der Waals surface area (Å²) in [5, 5.41) is 0. The number of thiocarbonyl (C=S) groups is 1. The highest BCUT2D eigenvalue weighted by atomic mass is 79.9. The molecule has 0 radical (unpaired) electrons. The van der Waals surface area contributed by atoms with Crippen LogP contribution in [0.3, 0.4) is 0 Å². The Morgan fingerprint density at radius 3 is 2.49 bits per heavy atom. The molecule has 2 N–H and O–H groups in total. The van der Waals surface area contributed by atoms with E-state index in [0.29, 0.717) is 27.1 Å². The van der Waals surface area contributed by atoms with Crippen LogP contribution in [-0.4, -0.2) is 33.5 Å². The first-order valence-corrected chi connectivity index (χ1v) is 13.3. The molecule has 7 nitrogen and oxygen atoms in total. The van der Waals surface area contributed by atoms with Crippen molar-refractivity contribution in [2.45, 2.75) is 13.0 Å². The van der Waals surface area contributed by atoms with Crippen molar-refractivity contribution < 1.29 is 19.1 Å². The maximum atomic E-state index is 12.7. The molecule has 1 fully saturated rings. The van der Waals surface area contributed by atoms with Crippen molar-refractivity contribution in [1.29, 1.82) is 0 Å². The number of hydrogen-bond donors (Lipinski definition) is 2. The van der Waals surface area contributed by atoms with E-state index in [9.17, 15) is 14.4 Å². The molecule has 0 bridgehead atoms. The summed E-state index contributed by atoms with van der Waals surface area (Å²) in [6.45, 7) is 0.529. The van der Waals surface area contributed by atoms with Crippen molar-refractivity contribution in [2.24, 2.45) is 0 Å². The van der Waals surface area contributed by atoms with Crippen LogP contribution in [0.25, 0.3) is 6.08 Å². The summed E-state index contributed by atoms with van der Waals surface area (Å²) in [5.74, 6) is -0.532. The van der Waals surface area contributed by atoms with Crippen LogP contribution < -0.4 is 15.6 Å². The van der Waals surface area contributed by atoms with Gasteiger partial charge in [-0.05, 0) is 53.6 Å². The van der Waals surface area contributed by atoms with Gasteiger partial charge in [-0.1, -0.05) is 82.4 Å². The number of ether oxygens (including phenoxy) is 1. The lowest BCUT2D eigenvalue weighted by molar-refractivity contribution is -0.124. The Kier molecular flexibility index (Phi) is 9.10. The van der Waals surface area contributed by atoms with Crippen LogP contribution in [0.2, 0.25) is 0 Å². The molecule has 1 aliphatic heterocycles. The van der Waals surface area contributed by atoms with Crippen molar-refractivity contribution in [3.8, 4) is 5.75 Å². The van der Waals surface area contributed by atoms with Gasteiger partial charge in [0.25, 0.3) is 11.8 Å². The first-order valence-electron chi connectivity index (χ1n) is 11.3. The van der Waals surface area contributed by atoms with Crippen molar-refractivity contribution in [1.82, 2.24) is 15.8 Å². The molecule has 0 unspecified atom stereocenters. The largest absolute Gasteiger partial charge is 0.489 e. The molecule has 1 heterocycles. The maximum absolute atomic E-state index is 12.7. The average molecular weight is 597 g/mol. The number of carbonyl (C=O) groups excluding carboxylic acids is 3. The fourth-order valence-corrected chi connectivity index (χ4v) is 5.08. The van der Waals surface area contributed by atoms with Gasteiger partial charge in [-0.3, -0.25) is 30.1 Å². The molecule has 0 saturated carbocycles. The van der Waals surface area contributed by atoms with E-state index in [-0.39, 0.29) is 18.9 Å². The number of nitrogens with one attached hydrogen (secondary N) is 2. The Labute approximate surface area is 232 Å². The molecule has 1 aliphatic rings. The van der Waals surface area contributed by atoms with Gasteiger partial charge in [0.15, 0.2) is 0 Å². The number of benzene rings is 3. The normalized spacial score (nSPS) is 14.1. The minimum Gasteiger partial charge on any atom is -0.489 e. The lowest BCUT2D eigenvalue weighted by Gasteiger charge is -2.14. The minimum atomic E-state index is -0.467. The van der Waals surface area contributed by atoms with Gasteiger partial charge in [0.05, 0.1) is 4.91 Å². The molecule has 188 valence electrons. The number of hydrazine groups is 1. The summed E-state index contributed by atoms with van der Waals surface area (Å²) >= 11 is 9.93. The van der Waals surface area contributed by atoms with E-state index in [2.05, 4.69) is 26.8 Å². The van der Waals surface area contributed by atoms with Crippen molar-refractivity contribution in [2.75, 3.05) is 6.54 Å². The van der Waals surface area contributed by atoms with Gasteiger partial charge in [0.1, 0.15) is 16.7 Å². The van der Waals surface area contributed by atoms with Crippen molar-refractivity contribution >= 4 is 68.0 Å². The van der Waals surface area contributed by atoms with E-state index in [4.69, 9.17) is 17.0 Å². The number of nitrogens with zero attached hydrogens (tertiary/aromatic N) is 1. The Morgan fingerprint density at radius 2 is 1.76 bits per heavy atom. The molecule has 0 aromatic heterocycles. The number of rotatable bonds is 8. The molecule has 1 saturated heterocycles. The predicted octanol–water partition coefficient (Wildman–Crippen LogP) is 5.08. The molecule has 37 heavy (non-hydrogen) atoms. The summed E-state index contributed by atoms with van der Waals surface area (Å²) in [7, 11) is 0. The molecule has 0 aliphatic carbocycles. The van der Waals surface area contributed by atoms with Gasteiger partial charge in [-0.25, -0.2) is 0 Å². The zero-order valence-corrected chi connectivity index (χ0v) is 22.7. The van der Waals surface area contributed by atoms with Crippen molar-refractivity contribution in [3.63, 3.8) is 0 Å². The van der Waals surface area contributed by atoms with E-state index in [1.807, 2.05) is 54.6 Å². The van der Waals surface area contributed by atoms with Gasteiger partial charge < -0.3 is 4.74 Å². The van der Waals surface area contributed by atoms with Gasteiger partial charge in [-0.2, -0.15) is 0 Å². The van der Waals surface area contributed by atoms with E-state index < -0.39 is 11.8 Å². The Bertz CT molecular complexity index is 1350. The van der Waals surface area contributed by atoms with Crippen LogP contribution in [0, 0.1) is 0 Å². The number of carbonyl (C=O) groups is 3. The topological polar surface area (TPSA) is 87.7 Å². The first kappa shape index (κ1) is 26.6. The summed E-state index contributed by atoms with van der Waals surface area (Å²) in [6, 6.07) is 23.9. The molecule has 3 amide bonds. The number of hydrogen-bond acceptors (Lipinski definition) is 6. The van der Waals surface area contributed by atoms with E-state index in [1.54, 1.807) is 30.3 Å². The molecular weight excluding hydrogens is 574 g/mol. The zero-order valence-electron chi connectivity index (χ0n) is 19.5. The molecule has 4 rings (SSSR count). The number of halogens is 1. The standard InChI is InChI=1S/C27H22BrN3O4S2/c28-21-8-4-7-19(15-21)16-23-26(34)31(27(36)37-23)14-13-24(32)29-30-25(33)20-9-11-22(12-10-20)35-17-18-5-2-1-3-6-18/h1-12,15-16H,13-14,17H2,(H,29,32)(H,30,33)/b23-16-. The smallest absolute Gasteiger partial charge is 0.269 e. The van der Waals surface area contributed by atoms with Gasteiger partial charge in [0.2, 0.25) is 5.91 Å². The quantitative estimate of drug-likeness (QED) is 0.214. The van der Waals surface area contributed by atoms with Crippen LogP contribution >= 0.6 is 39.9 Å². The first-order chi connectivity index (χ1) is 17.9. The average Bonchev–Trinajstić information content (AvgIpc) is 3.17. The lowest BCUT2D eigenvalue weighted by atomic mass is 10.2. The van der Waals surface area contributed by atoms with Gasteiger partial charge >= 0.3 is 0 Å². The lowest BCUT2D eigenvalue weighted by Crippen LogP contribution is -2.43. The molecule has 3 aromatic carbocycles. The summed E-state index contributed by atoms with van der Waals surface area (Å²) in [6.07, 6.45) is 1.74. The zero-order chi connectivity index (χ0) is 26.2. The summed E-state index contributed by atoms with van der Waals surface area (Å²) < 4.78 is 7.01. The molecule has 10 heteroatoms. The predicted molar refractivity (Wildman–Crippen MR) is 151 cm³/mol. The van der Waals surface area contributed by atoms with Crippen LogP contribution in [-0.2, 0) is 16.2 Å². The summed E-state index contributed by atoms with van der Waals surface area (Å²) in [4.78, 5) is 39.3. The van der Waals surface area contributed by atoms with Crippen molar-refractivity contribution in [3.05, 3.63) is 105 Å². The highest BCUT2D eigenvalue weighted by Gasteiger charge is 2.32. The van der Waals surface area contributed by atoms with Gasteiger partial charge in [-0.15, -0.1) is 0 Å². The molecular formula is C27H22BrN3O4S2. The Balaban J connectivity index is 1.22. The van der Waals surface area contributed by atoms with Crippen LogP contribution in [0.4, 0.5) is 0 Å². The maximum Gasteiger partial charge on any atom is 0.269 e. The van der Waals surface area contributed by atoms with Gasteiger partial charge in [0, 0.05) is 23.0 Å². The summed E-state index contributed by atoms with van der Waals surface area (Å²) in [5.41, 5.74) is 7.03. The Hall–Kier alpha value is -3.47. The second-order valence-electron chi connectivity index (χ2n) is 7.94. The van der Waals surface area contributed by atoms with E-state index >= 15 is 0 Å². The SMILES string of the molecule is O=C(CCN1C(=O)/C(=C/c2cccc(Br)c2)SC1=S)NNC(=O)c1ccc(OCc2ccccc2)cc1. The third kappa shape index (κ3) is 7.51. The number of amides is 3. The van der Waals surface area contributed by atoms with Crippen LogP contribution in [0.5, 0.6) is 5.75 Å². The molecule has 0 spiro atoms. The molecule has 0 atom stereocenters. The highest BCUT2D eigenvalue weighted by molar-refractivity contribution is 9.10. The van der Waals surface area contributed by atoms with Crippen LogP contribution in [0.1, 0.15) is 27.9 Å². The van der Waals surface area contributed by atoms with E-state index in [1.165, 1.54) is 16.7 Å². The van der Waals surface area contributed by atoms with Crippen LogP contribution in [0.15, 0.2) is 88.2 Å². The Morgan fingerprint density at radius 1 is 1.00 bits per heavy atom. The minimum absolute atomic E-state index is 0.0247. The third-order valence-electron chi connectivity index (χ3n) is 5.26. The monoisotopic (exact) mass is 595 g/mol.